The second kappa shape index (κ2) is 6.04. The molecule has 130 valence electrons. The summed E-state index contributed by atoms with van der Waals surface area (Å²) >= 11 is 0. The maximum atomic E-state index is 12.0. The molecule has 2 aliphatic rings. The van der Waals surface area contributed by atoms with Gasteiger partial charge in [-0.05, 0) is 42.2 Å². The van der Waals surface area contributed by atoms with Crippen LogP contribution >= 0.6 is 0 Å². The van der Waals surface area contributed by atoms with Gasteiger partial charge in [-0.1, -0.05) is 19.1 Å². The number of fused-ring (bicyclic) bond motifs is 2. The molecule has 1 aromatic carbocycles. The molecule has 2 atom stereocenters. The predicted molar refractivity (Wildman–Crippen MR) is 96.4 cm³/mol. The van der Waals surface area contributed by atoms with Gasteiger partial charge in [0.15, 0.2) is 0 Å². The van der Waals surface area contributed by atoms with E-state index in [1.54, 1.807) is 0 Å². The standard InChI is InChI=1S/C19H21N3O3/c1-2-11-7-16(19(24)25)18(23)21-17(11)12-3-5-14(6-4-12)22-10-13-8-15(22)9-20-13/h3-7,13,15,20H,2,8-10H2,1H3,(H,21,23)(H,24,25)/t13-,15-/m0/s1. The summed E-state index contributed by atoms with van der Waals surface area (Å²) in [6.07, 6.45) is 1.85. The van der Waals surface area contributed by atoms with Crippen molar-refractivity contribution in [1.29, 1.82) is 0 Å². The number of hydrogen-bond donors (Lipinski definition) is 3. The molecule has 2 saturated heterocycles. The number of aromatic amines is 1. The van der Waals surface area contributed by atoms with Crippen molar-refractivity contribution in [3.63, 3.8) is 0 Å². The fourth-order valence-corrected chi connectivity index (χ4v) is 3.96. The van der Waals surface area contributed by atoms with Crippen molar-refractivity contribution >= 4 is 11.7 Å². The molecule has 2 aromatic rings. The number of carboxylic acids is 1. The topological polar surface area (TPSA) is 85.4 Å². The lowest BCUT2D eigenvalue weighted by Crippen LogP contribution is -2.43. The van der Waals surface area contributed by atoms with Crippen LogP contribution in [0.5, 0.6) is 0 Å². The average molecular weight is 339 g/mol. The van der Waals surface area contributed by atoms with E-state index < -0.39 is 11.5 Å². The summed E-state index contributed by atoms with van der Waals surface area (Å²) in [7, 11) is 0. The molecule has 1 aromatic heterocycles. The van der Waals surface area contributed by atoms with Crippen LogP contribution in [0, 0.1) is 0 Å². The van der Waals surface area contributed by atoms with Crippen molar-refractivity contribution in [3.05, 3.63) is 51.8 Å². The molecule has 0 unspecified atom stereocenters. The first-order chi connectivity index (χ1) is 12.1. The van der Waals surface area contributed by atoms with Crippen LogP contribution in [-0.2, 0) is 6.42 Å². The lowest BCUT2D eigenvalue weighted by atomic mass is 10.0. The number of H-pyrrole nitrogens is 1. The van der Waals surface area contributed by atoms with E-state index in [2.05, 4.69) is 27.3 Å². The van der Waals surface area contributed by atoms with E-state index in [1.807, 2.05) is 19.1 Å². The number of anilines is 1. The van der Waals surface area contributed by atoms with Crippen molar-refractivity contribution in [2.24, 2.45) is 0 Å². The van der Waals surface area contributed by atoms with Crippen LogP contribution in [-0.4, -0.2) is 41.2 Å². The minimum Gasteiger partial charge on any atom is -0.477 e. The van der Waals surface area contributed by atoms with Crippen LogP contribution in [0.1, 0.15) is 29.3 Å². The van der Waals surface area contributed by atoms with Crippen LogP contribution in [0.15, 0.2) is 35.1 Å². The Morgan fingerprint density at radius 2 is 2.08 bits per heavy atom. The highest BCUT2D eigenvalue weighted by Gasteiger charge is 2.37. The van der Waals surface area contributed by atoms with Gasteiger partial charge in [-0.25, -0.2) is 4.79 Å². The Bertz CT molecular complexity index is 872. The lowest BCUT2D eigenvalue weighted by Gasteiger charge is -2.29. The van der Waals surface area contributed by atoms with E-state index in [0.29, 0.717) is 24.2 Å². The highest BCUT2D eigenvalue weighted by molar-refractivity contribution is 5.88. The van der Waals surface area contributed by atoms with Crippen molar-refractivity contribution in [3.8, 4) is 11.3 Å². The zero-order chi connectivity index (χ0) is 17.6. The molecule has 0 amide bonds. The zero-order valence-electron chi connectivity index (χ0n) is 14.1. The van der Waals surface area contributed by atoms with Gasteiger partial charge >= 0.3 is 5.97 Å². The van der Waals surface area contributed by atoms with E-state index in [0.717, 1.165) is 24.2 Å². The molecule has 3 N–H and O–H groups in total. The van der Waals surface area contributed by atoms with Crippen LogP contribution in [0.2, 0.25) is 0 Å². The third kappa shape index (κ3) is 2.72. The molecular formula is C19H21N3O3. The summed E-state index contributed by atoms with van der Waals surface area (Å²) < 4.78 is 0. The Morgan fingerprint density at radius 3 is 2.64 bits per heavy atom. The number of nitrogens with zero attached hydrogens (tertiary/aromatic N) is 1. The van der Waals surface area contributed by atoms with Crippen molar-refractivity contribution in [2.75, 3.05) is 18.0 Å². The molecular weight excluding hydrogens is 318 g/mol. The number of piperazine rings is 1. The summed E-state index contributed by atoms with van der Waals surface area (Å²) in [6, 6.07) is 10.8. The Hall–Kier alpha value is -2.60. The number of aromatic carboxylic acids is 1. The summed E-state index contributed by atoms with van der Waals surface area (Å²) in [5, 5.41) is 12.6. The number of aryl methyl sites for hydroxylation is 1. The first-order valence-corrected chi connectivity index (χ1v) is 8.66. The molecule has 0 aliphatic carbocycles. The summed E-state index contributed by atoms with van der Waals surface area (Å²) in [5.74, 6) is -1.20. The Labute approximate surface area is 145 Å². The number of carboxylic acid groups (broad SMARTS) is 1. The summed E-state index contributed by atoms with van der Waals surface area (Å²) in [6.45, 7) is 4.02. The van der Waals surface area contributed by atoms with Crippen molar-refractivity contribution in [1.82, 2.24) is 10.3 Å². The smallest absolute Gasteiger partial charge is 0.341 e. The van der Waals surface area contributed by atoms with E-state index in [1.165, 1.54) is 18.2 Å². The van der Waals surface area contributed by atoms with Gasteiger partial charge in [-0.2, -0.15) is 0 Å². The van der Waals surface area contributed by atoms with E-state index in [-0.39, 0.29) is 5.56 Å². The van der Waals surface area contributed by atoms with E-state index in [4.69, 9.17) is 5.11 Å². The van der Waals surface area contributed by atoms with Crippen molar-refractivity contribution in [2.45, 2.75) is 31.8 Å². The zero-order valence-corrected chi connectivity index (χ0v) is 14.1. The van der Waals surface area contributed by atoms with Gasteiger partial charge in [-0.3, -0.25) is 4.79 Å². The number of pyridine rings is 1. The number of rotatable bonds is 4. The second-order valence-electron chi connectivity index (χ2n) is 6.77. The number of hydrogen-bond acceptors (Lipinski definition) is 4. The van der Waals surface area contributed by atoms with E-state index in [9.17, 15) is 9.59 Å². The van der Waals surface area contributed by atoms with Gasteiger partial charge in [0, 0.05) is 30.9 Å². The Kier molecular flexibility index (Phi) is 3.84. The van der Waals surface area contributed by atoms with E-state index >= 15 is 0 Å². The number of nitrogens with one attached hydrogen (secondary N) is 2. The molecule has 2 aliphatic heterocycles. The number of aromatic nitrogens is 1. The molecule has 4 rings (SSSR count). The molecule has 3 heterocycles. The van der Waals surface area contributed by atoms with Gasteiger partial charge in [0.1, 0.15) is 5.56 Å². The monoisotopic (exact) mass is 339 g/mol. The quantitative estimate of drug-likeness (QED) is 0.792. The molecule has 25 heavy (non-hydrogen) atoms. The molecule has 0 spiro atoms. The predicted octanol–water partition coefficient (Wildman–Crippen LogP) is 1.85. The fraction of sp³-hybridized carbons (Fsp3) is 0.368. The third-order valence-electron chi connectivity index (χ3n) is 5.28. The average Bonchev–Trinajstić information content (AvgIpc) is 3.24. The summed E-state index contributed by atoms with van der Waals surface area (Å²) in [4.78, 5) is 28.4. The normalized spacial score (nSPS) is 21.7. The maximum absolute atomic E-state index is 12.0. The largest absolute Gasteiger partial charge is 0.477 e. The van der Waals surface area contributed by atoms with Gasteiger partial charge in [0.2, 0.25) is 0 Å². The fourth-order valence-electron chi connectivity index (χ4n) is 3.96. The highest BCUT2D eigenvalue weighted by atomic mass is 16.4. The van der Waals surface area contributed by atoms with Crippen molar-refractivity contribution < 1.29 is 9.90 Å². The number of benzene rings is 1. The minimum atomic E-state index is -1.20. The molecule has 0 saturated carbocycles. The number of carbonyl (C=O) groups is 1. The SMILES string of the molecule is CCc1cc(C(=O)O)c(=O)[nH]c1-c1ccc(N2C[C@@H]3C[C@H]2CN3)cc1. The maximum Gasteiger partial charge on any atom is 0.341 e. The highest BCUT2D eigenvalue weighted by Crippen LogP contribution is 2.31. The van der Waals surface area contributed by atoms with Crippen LogP contribution < -0.4 is 15.8 Å². The van der Waals surface area contributed by atoms with Gasteiger partial charge < -0.3 is 20.3 Å². The Morgan fingerprint density at radius 1 is 1.32 bits per heavy atom. The van der Waals surface area contributed by atoms with Gasteiger partial charge in [0.05, 0.1) is 5.69 Å². The van der Waals surface area contributed by atoms with Crippen LogP contribution in [0.3, 0.4) is 0 Å². The molecule has 2 bridgehead atoms. The van der Waals surface area contributed by atoms with Crippen LogP contribution in [0.25, 0.3) is 11.3 Å². The minimum absolute atomic E-state index is 0.210. The lowest BCUT2D eigenvalue weighted by molar-refractivity contribution is 0.0695. The third-order valence-corrected chi connectivity index (χ3v) is 5.28. The molecule has 2 fully saturated rings. The summed E-state index contributed by atoms with van der Waals surface area (Å²) in [5.41, 5.74) is 2.85. The molecule has 0 radical (unpaired) electrons. The van der Waals surface area contributed by atoms with Gasteiger partial charge in [-0.15, -0.1) is 0 Å². The van der Waals surface area contributed by atoms with Gasteiger partial charge in [0.25, 0.3) is 5.56 Å². The second-order valence-corrected chi connectivity index (χ2v) is 6.77. The molecule has 6 nitrogen and oxygen atoms in total. The first-order valence-electron chi connectivity index (χ1n) is 8.66. The van der Waals surface area contributed by atoms with Crippen LogP contribution in [0.4, 0.5) is 5.69 Å². The molecule has 6 heteroatoms. The first kappa shape index (κ1) is 15.9. The Balaban J connectivity index is 1.67.